The number of rotatable bonds is 3. The van der Waals surface area contributed by atoms with Crippen LogP contribution in [0.2, 0.25) is 0 Å². The average molecular weight is 689 g/mol. The van der Waals surface area contributed by atoms with Crippen molar-refractivity contribution in [1.29, 1.82) is 0 Å². The van der Waals surface area contributed by atoms with Crippen molar-refractivity contribution in [3.8, 4) is 22.5 Å². The van der Waals surface area contributed by atoms with Gasteiger partial charge in [-0.25, -0.2) is 0 Å². The van der Waals surface area contributed by atoms with E-state index in [1.807, 2.05) is 6.07 Å². The van der Waals surface area contributed by atoms with E-state index in [9.17, 15) is 0 Å². The van der Waals surface area contributed by atoms with Crippen molar-refractivity contribution in [3.63, 3.8) is 0 Å². The van der Waals surface area contributed by atoms with Crippen molar-refractivity contribution < 1.29 is 4.42 Å². The normalized spacial score (nSPS) is 13.9. The monoisotopic (exact) mass is 688 g/mol. The molecular weight excluding hydrogens is 657 g/mol. The van der Waals surface area contributed by atoms with Crippen LogP contribution in [0.4, 0.5) is 0 Å². The molecule has 3 heteroatoms. The Hall–Kier alpha value is -6.84. The molecule has 0 unspecified atom stereocenters. The zero-order valence-corrected chi connectivity index (χ0v) is 29.8. The van der Waals surface area contributed by atoms with Gasteiger partial charge in [-0.1, -0.05) is 111 Å². The fourth-order valence-corrected chi connectivity index (χ4v) is 10.4. The zero-order chi connectivity index (χ0) is 35.4. The lowest BCUT2D eigenvalue weighted by Crippen LogP contribution is -2.15. The smallest absolute Gasteiger partial charge is 0.136 e. The van der Waals surface area contributed by atoms with Gasteiger partial charge < -0.3 is 13.6 Å². The lowest BCUT2D eigenvalue weighted by atomic mass is 9.81. The van der Waals surface area contributed by atoms with Crippen LogP contribution < -0.4 is 0 Å². The van der Waals surface area contributed by atoms with Gasteiger partial charge in [-0.3, -0.25) is 0 Å². The van der Waals surface area contributed by atoms with E-state index < -0.39 is 0 Å². The molecule has 54 heavy (non-hydrogen) atoms. The molecule has 13 rings (SSSR count). The number of aromatic nitrogens is 2. The highest BCUT2D eigenvalue weighted by atomic mass is 16.3. The van der Waals surface area contributed by atoms with Crippen molar-refractivity contribution in [2.45, 2.75) is 19.3 Å². The Labute approximate surface area is 310 Å². The van der Waals surface area contributed by atoms with E-state index in [2.05, 4.69) is 175 Å². The lowest BCUT2D eigenvalue weighted by molar-refractivity contribution is 0.663. The molecule has 1 aliphatic rings. The molecule has 12 aromatic rings. The molecule has 3 aromatic heterocycles. The van der Waals surface area contributed by atoms with Gasteiger partial charge in [-0.05, 0) is 104 Å². The minimum atomic E-state index is -0.130. The van der Waals surface area contributed by atoms with Gasteiger partial charge in [0, 0.05) is 49.1 Å². The summed E-state index contributed by atoms with van der Waals surface area (Å²) in [6, 6.07) is 58.2. The Morgan fingerprint density at radius 3 is 1.81 bits per heavy atom. The predicted molar refractivity (Wildman–Crippen MR) is 226 cm³/mol. The van der Waals surface area contributed by atoms with Crippen LogP contribution in [0, 0.1) is 0 Å². The number of fused-ring (bicyclic) bond motifs is 4. The predicted octanol–water partition coefficient (Wildman–Crippen LogP) is 13.8. The van der Waals surface area contributed by atoms with Gasteiger partial charge in [0.15, 0.2) is 0 Å². The fourth-order valence-electron chi connectivity index (χ4n) is 10.4. The first-order valence-corrected chi connectivity index (χ1v) is 18.9. The van der Waals surface area contributed by atoms with Crippen LogP contribution >= 0.6 is 0 Å². The Bertz CT molecular complexity index is 3570. The largest absolute Gasteiger partial charge is 0.456 e. The van der Waals surface area contributed by atoms with Crippen LogP contribution in [0.3, 0.4) is 0 Å². The molecule has 0 atom stereocenters. The second-order valence-electron chi connectivity index (χ2n) is 15.6. The van der Waals surface area contributed by atoms with Crippen molar-refractivity contribution in [1.82, 2.24) is 9.13 Å². The molecule has 252 valence electrons. The summed E-state index contributed by atoms with van der Waals surface area (Å²) in [4.78, 5) is 0. The van der Waals surface area contributed by atoms with Crippen LogP contribution in [0.25, 0.3) is 110 Å². The summed E-state index contributed by atoms with van der Waals surface area (Å²) >= 11 is 0. The maximum atomic E-state index is 6.33. The quantitative estimate of drug-likeness (QED) is 0.181. The number of furan rings is 1. The van der Waals surface area contributed by atoms with Crippen LogP contribution in [-0.2, 0) is 5.41 Å². The average Bonchev–Trinajstić information content (AvgIpc) is 3.92. The third kappa shape index (κ3) is 3.35. The van der Waals surface area contributed by atoms with Crippen molar-refractivity contribution in [2.24, 2.45) is 0 Å². The van der Waals surface area contributed by atoms with E-state index >= 15 is 0 Å². The van der Waals surface area contributed by atoms with E-state index in [4.69, 9.17) is 4.42 Å². The molecule has 0 saturated carbocycles. The summed E-state index contributed by atoms with van der Waals surface area (Å²) in [5.41, 5.74) is 14.1. The van der Waals surface area contributed by atoms with Gasteiger partial charge in [0.2, 0.25) is 0 Å². The van der Waals surface area contributed by atoms with Gasteiger partial charge in [0.1, 0.15) is 11.2 Å². The third-order valence-corrected chi connectivity index (χ3v) is 12.6. The van der Waals surface area contributed by atoms with E-state index in [-0.39, 0.29) is 5.41 Å². The second-order valence-corrected chi connectivity index (χ2v) is 15.6. The van der Waals surface area contributed by atoms with Crippen LogP contribution in [0.5, 0.6) is 0 Å². The number of hydrogen-bond acceptors (Lipinski definition) is 1. The maximum absolute atomic E-state index is 6.33. The number of benzene rings is 8. The number of hydrogen-bond donors (Lipinski definition) is 0. The molecule has 3 heterocycles. The first-order chi connectivity index (χ1) is 26.6. The summed E-state index contributed by atoms with van der Waals surface area (Å²) in [7, 11) is 0. The maximum Gasteiger partial charge on any atom is 0.136 e. The molecule has 3 nitrogen and oxygen atoms in total. The molecule has 0 saturated heterocycles. The first kappa shape index (κ1) is 28.7. The van der Waals surface area contributed by atoms with Crippen molar-refractivity contribution in [3.05, 3.63) is 169 Å². The molecule has 0 fully saturated rings. The van der Waals surface area contributed by atoms with Gasteiger partial charge in [-0.15, -0.1) is 0 Å². The Balaban J connectivity index is 1.23. The van der Waals surface area contributed by atoms with Crippen molar-refractivity contribution in [2.75, 3.05) is 0 Å². The standard InChI is InChI=1S/C51H32N2O/c1-51(2)36-20-9-18-33-34-19-10-21-38-46(34)48-40(52(38)30-13-4-3-5-14-30)26-27-41-50(48)49-39(25-24-37(51)47(49)45(33)36)53(41)31-15-8-12-29(28-31)32-17-11-23-43-44(32)35-16-6-7-22-42(35)54-43/h3-28H,1-2H3. The van der Waals surface area contributed by atoms with Crippen LogP contribution in [0.15, 0.2) is 162 Å². The van der Waals surface area contributed by atoms with Crippen LogP contribution in [0.1, 0.15) is 25.0 Å². The minimum Gasteiger partial charge on any atom is -0.456 e. The molecule has 1 aliphatic carbocycles. The SMILES string of the molecule is CC1(C)c2cccc3c4cccc5c4c4c6c7c(c1ccc7n(-c1cccc(-c7cccc8oc9ccccc9c78)c1)c6ccc4n5-c1ccccc1)c23. The minimum absolute atomic E-state index is 0.130. The second kappa shape index (κ2) is 9.77. The summed E-state index contributed by atoms with van der Waals surface area (Å²) in [5.74, 6) is 0. The summed E-state index contributed by atoms with van der Waals surface area (Å²) in [5, 5.41) is 13.0. The lowest BCUT2D eigenvalue weighted by Gasteiger charge is -2.22. The summed E-state index contributed by atoms with van der Waals surface area (Å²) in [6.07, 6.45) is 0. The Morgan fingerprint density at radius 1 is 0.389 bits per heavy atom. The first-order valence-electron chi connectivity index (χ1n) is 18.9. The molecular formula is C51H32N2O. The number of nitrogens with zero attached hydrogens (tertiary/aromatic N) is 2. The molecule has 0 amide bonds. The Morgan fingerprint density at radius 2 is 0.963 bits per heavy atom. The highest BCUT2D eigenvalue weighted by molar-refractivity contribution is 6.40. The van der Waals surface area contributed by atoms with E-state index in [1.165, 1.54) is 93.1 Å². The third-order valence-electron chi connectivity index (χ3n) is 12.6. The van der Waals surface area contributed by atoms with Crippen LogP contribution in [-0.4, -0.2) is 9.13 Å². The van der Waals surface area contributed by atoms with E-state index in [1.54, 1.807) is 0 Å². The Kier molecular flexibility index (Phi) is 5.19. The number of para-hydroxylation sites is 2. The van der Waals surface area contributed by atoms with Crippen molar-refractivity contribution >= 4 is 87.1 Å². The van der Waals surface area contributed by atoms with E-state index in [0.717, 1.165) is 27.6 Å². The summed E-state index contributed by atoms with van der Waals surface area (Å²) in [6.45, 7) is 4.81. The highest BCUT2D eigenvalue weighted by Crippen LogP contribution is 2.55. The molecule has 0 bridgehead atoms. The van der Waals surface area contributed by atoms with Gasteiger partial charge in [-0.2, -0.15) is 0 Å². The van der Waals surface area contributed by atoms with E-state index in [0.29, 0.717) is 0 Å². The molecule has 0 radical (unpaired) electrons. The van der Waals surface area contributed by atoms with Gasteiger partial charge in [0.05, 0.1) is 22.1 Å². The molecule has 0 N–H and O–H groups in total. The zero-order valence-electron chi connectivity index (χ0n) is 29.8. The van der Waals surface area contributed by atoms with Gasteiger partial charge >= 0.3 is 0 Å². The summed E-state index contributed by atoms with van der Waals surface area (Å²) < 4.78 is 11.3. The fraction of sp³-hybridized carbons (Fsp3) is 0.0588. The topological polar surface area (TPSA) is 23.0 Å². The van der Waals surface area contributed by atoms with Gasteiger partial charge in [0.25, 0.3) is 0 Å². The molecule has 9 aromatic carbocycles. The molecule has 0 spiro atoms. The molecule has 0 aliphatic heterocycles. The highest BCUT2D eigenvalue weighted by Gasteiger charge is 2.36.